The number of aromatic nitrogens is 2. The summed E-state index contributed by atoms with van der Waals surface area (Å²) in [6.45, 7) is 3.68. The fourth-order valence-corrected chi connectivity index (χ4v) is 4.23. The molecule has 0 bridgehead atoms. The maximum absolute atomic E-state index is 12.8. The van der Waals surface area contributed by atoms with Gasteiger partial charge in [-0.2, -0.15) is 0 Å². The Hall–Kier alpha value is -3.25. The minimum atomic E-state index is -0.502. The number of hydrogen-bond acceptors (Lipinski definition) is 5. The first-order chi connectivity index (χ1) is 14.0. The molecule has 0 amide bonds. The highest BCUT2D eigenvalue weighted by Crippen LogP contribution is 2.25. The monoisotopic (exact) mass is 404 g/mol. The summed E-state index contributed by atoms with van der Waals surface area (Å²) in [7, 11) is 0. The zero-order chi connectivity index (χ0) is 20.4. The highest BCUT2D eigenvalue weighted by atomic mass is 32.1. The fourth-order valence-electron chi connectivity index (χ4n) is 3.24. The SMILES string of the molecule is Cc1sc2ncn(CC(=O)Oc3ccccc3Cc3ccccc3)c(=O)c2c1C. The van der Waals surface area contributed by atoms with E-state index in [-0.39, 0.29) is 12.1 Å². The van der Waals surface area contributed by atoms with E-state index in [4.69, 9.17) is 4.74 Å². The van der Waals surface area contributed by atoms with E-state index < -0.39 is 5.97 Å². The van der Waals surface area contributed by atoms with Gasteiger partial charge < -0.3 is 4.74 Å². The lowest BCUT2D eigenvalue weighted by atomic mass is 10.0. The average molecular weight is 404 g/mol. The standard InChI is InChI=1S/C23H20N2O3S/c1-15-16(2)29-22-21(15)23(27)25(14-24-22)13-20(26)28-19-11-7-6-10-18(19)12-17-8-4-3-5-9-17/h3-11,14H,12-13H2,1-2H3. The number of ether oxygens (including phenoxy) is 1. The molecule has 0 aliphatic heterocycles. The lowest BCUT2D eigenvalue weighted by Gasteiger charge is -2.11. The van der Waals surface area contributed by atoms with Gasteiger partial charge in [-0.15, -0.1) is 11.3 Å². The molecule has 0 fully saturated rings. The van der Waals surface area contributed by atoms with Crippen LogP contribution < -0.4 is 10.3 Å². The normalized spacial score (nSPS) is 11.0. The largest absolute Gasteiger partial charge is 0.425 e. The fraction of sp³-hybridized carbons (Fsp3) is 0.174. The number of thiophene rings is 1. The first-order valence-electron chi connectivity index (χ1n) is 9.30. The summed E-state index contributed by atoms with van der Waals surface area (Å²) in [5.74, 6) is 0.00404. The molecule has 4 rings (SSSR count). The molecule has 4 aromatic rings. The van der Waals surface area contributed by atoms with Crippen molar-refractivity contribution in [2.24, 2.45) is 0 Å². The van der Waals surface area contributed by atoms with Gasteiger partial charge in [0.2, 0.25) is 0 Å². The van der Waals surface area contributed by atoms with Crippen molar-refractivity contribution in [3.05, 3.63) is 92.8 Å². The number of carbonyl (C=O) groups excluding carboxylic acids is 1. The molecule has 0 spiro atoms. The lowest BCUT2D eigenvalue weighted by molar-refractivity contribution is -0.135. The van der Waals surface area contributed by atoms with Crippen LogP contribution in [0.1, 0.15) is 21.6 Å². The Morgan fingerprint density at radius 2 is 1.79 bits per heavy atom. The minimum absolute atomic E-state index is 0.185. The summed E-state index contributed by atoms with van der Waals surface area (Å²) < 4.78 is 6.91. The van der Waals surface area contributed by atoms with Crippen molar-refractivity contribution in [1.29, 1.82) is 0 Å². The van der Waals surface area contributed by atoms with Gasteiger partial charge in [-0.1, -0.05) is 48.5 Å². The van der Waals surface area contributed by atoms with Crippen LogP contribution in [0.25, 0.3) is 10.2 Å². The molecule has 2 heterocycles. The molecule has 0 radical (unpaired) electrons. The number of aryl methyl sites for hydroxylation is 2. The molecular formula is C23H20N2O3S. The van der Waals surface area contributed by atoms with E-state index in [9.17, 15) is 9.59 Å². The van der Waals surface area contributed by atoms with Crippen LogP contribution in [0.3, 0.4) is 0 Å². The predicted molar refractivity (Wildman–Crippen MR) is 115 cm³/mol. The van der Waals surface area contributed by atoms with Crippen molar-refractivity contribution in [2.45, 2.75) is 26.8 Å². The third kappa shape index (κ3) is 3.98. The highest BCUT2D eigenvalue weighted by Gasteiger charge is 2.15. The van der Waals surface area contributed by atoms with Gasteiger partial charge in [-0.05, 0) is 36.6 Å². The summed E-state index contributed by atoms with van der Waals surface area (Å²) in [5.41, 5.74) is 2.74. The van der Waals surface area contributed by atoms with Crippen LogP contribution in [0.5, 0.6) is 5.75 Å². The minimum Gasteiger partial charge on any atom is -0.425 e. The van der Waals surface area contributed by atoms with Crippen molar-refractivity contribution >= 4 is 27.5 Å². The van der Waals surface area contributed by atoms with Crippen LogP contribution in [0, 0.1) is 13.8 Å². The lowest BCUT2D eigenvalue weighted by Crippen LogP contribution is -2.27. The van der Waals surface area contributed by atoms with Crippen LogP contribution in [0.2, 0.25) is 0 Å². The van der Waals surface area contributed by atoms with E-state index in [2.05, 4.69) is 4.98 Å². The molecule has 0 unspecified atom stereocenters. The summed E-state index contributed by atoms with van der Waals surface area (Å²) >= 11 is 1.49. The molecule has 146 valence electrons. The average Bonchev–Trinajstić information content (AvgIpc) is 3.01. The van der Waals surface area contributed by atoms with Gasteiger partial charge >= 0.3 is 5.97 Å². The van der Waals surface area contributed by atoms with Crippen LogP contribution in [-0.2, 0) is 17.8 Å². The van der Waals surface area contributed by atoms with E-state index in [0.717, 1.165) is 21.6 Å². The van der Waals surface area contributed by atoms with Crippen molar-refractivity contribution in [1.82, 2.24) is 9.55 Å². The summed E-state index contributed by atoms with van der Waals surface area (Å²) in [4.78, 5) is 31.4. The summed E-state index contributed by atoms with van der Waals surface area (Å²) in [6.07, 6.45) is 2.07. The van der Waals surface area contributed by atoms with Crippen LogP contribution in [-0.4, -0.2) is 15.5 Å². The van der Waals surface area contributed by atoms with Crippen LogP contribution >= 0.6 is 11.3 Å². The number of benzene rings is 2. The van der Waals surface area contributed by atoms with Gasteiger partial charge in [0.25, 0.3) is 5.56 Å². The van der Waals surface area contributed by atoms with Gasteiger partial charge in [0.1, 0.15) is 17.1 Å². The maximum atomic E-state index is 12.8. The molecule has 0 N–H and O–H groups in total. The van der Waals surface area contributed by atoms with E-state index in [0.29, 0.717) is 22.4 Å². The highest BCUT2D eigenvalue weighted by molar-refractivity contribution is 7.18. The van der Waals surface area contributed by atoms with E-state index in [1.807, 2.05) is 62.4 Å². The quantitative estimate of drug-likeness (QED) is 0.368. The van der Waals surface area contributed by atoms with Crippen molar-refractivity contribution in [3.8, 4) is 5.75 Å². The third-order valence-corrected chi connectivity index (χ3v) is 6.00. The Labute approximate surface area is 172 Å². The van der Waals surface area contributed by atoms with E-state index in [1.54, 1.807) is 6.07 Å². The molecule has 29 heavy (non-hydrogen) atoms. The number of carbonyl (C=O) groups is 1. The molecule has 0 saturated carbocycles. The molecule has 0 aliphatic rings. The Bertz CT molecular complexity index is 1240. The van der Waals surface area contributed by atoms with Gasteiger partial charge in [0, 0.05) is 11.3 Å². The predicted octanol–water partition coefficient (Wildman–Crippen LogP) is 4.27. The van der Waals surface area contributed by atoms with Gasteiger partial charge in [-0.25, -0.2) is 9.78 Å². The molecular weight excluding hydrogens is 384 g/mol. The molecule has 2 aromatic heterocycles. The van der Waals surface area contributed by atoms with Crippen molar-refractivity contribution in [3.63, 3.8) is 0 Å². The topological polar surface area (TPSA) is 61.2 Å². The first kappa shape index (κ1) is 19.1. The second kappa shape index (κ2) is 8.01. The Kier molecular flexibility index (Phi) is 5.27. The summed E-state index contributed by atoms with van der Waals surface area (Å²) in [5, 5.41) is 0.576. The number of esters is 1. The zero-order valence-corrected chi connectivity index (χ0v) is 17.0. The second-order valence-electron chi connectivity index (χ2n) is 6.89. The van der Waals surface area contributed by atoms with Crippen molar-refractivity contribution in [2.75, 3.05) is 0 Å². The molecule has 2 aromatic carbocycles. The molecule has 0 aliphatic carbocycles. The first-order valence-corrected chi connectivity index (χ1v) is 10.1. The number of hydrogen-bond donors (Lipinski definition) is 0. The smallest absolute Gasteiger partial charge is 0.331 e. The van der Waals surface area contributed by atoms with Gasteiger partial charge in [-0.3, -0.25) is 9.36 Å². The summed E-state index contributed by atoms with van der Waals surface area (Å²) in [6, 6.07) is 17.4. The molecule has 6 heteroatoms. The zero-order valence-electron chi connectivity index (χ0n) is 16.2. The Balaban J connectivity index is 1.55. The van der Waals surface area contributed by atoms with Gasteiger partial charge in [0.05, 0.1) is 11.7 Å². The molecule has 0 atom stereocenters. The molecule has 5 nitrogen and oxygen atoms in total. The number of rotatable bonds is 5. The van der Waals surface area contributed by atoms with Crippen LogP contribution in [0.15, 0.2) is 65.7 Å². The van der Waals surface area contributed by atoms with Crippen molar-refractivity contribution < 1.29 is 9.53 Å². The number of fused-ring (bicyclic) bond motifs is 1. The Morgan fingerprint density at radius 3 is 2.59 bits per heavy atom. The maximum Gasteiger partial charge on any atom is 0.331 e. The second-order valence-corrected chi connectivity index (χ2v) is 8.09. The van der Waals surface area contributed by atoms with E-state index >= 15 is 0 Å². The number of nitrogens with zero attached hydrogens (tertiary/aromatic N) is 2. The third-order valence-electron chi connectivity index (χ3n) is 4.89. The molecule has 0 saturated heterocycles. The van der Waals surface area contributed by atoms with Crippen LogP contribution in [0.4, 0.5) is 0 Å². The van der Waals surface area contributed by atoms with Gasteiger partial charge in [0.15, 0.2) is 0 Å². The Morgan fingerprint density at radius 1 is 1.07 bits per heavy atom. The van der Waals surface area contributed by atoms with E-state index in [1.165, 1.54) is 22.2 Å². The number of para-hydroxylation sites is 1.